The number of carbonyl (C=O) groups is 3. The van der Waals surface area contributed by atoms with Gasteiger partial charge in [0.05, 0.1) is 25.2 Å². The molecule has 48 heavy (non-hydrogen) atoms. The number of hydrogen-bond acceptors (Lipinski definition) is 11. The smallest absolute Gasteiger partial charge is 0.466 e. The Balaban J connectivity index is 1.51. The van der Waals surface area contributed by atoms with E-state index in [2.05, 4.69) is 15.3 Å². The molecule has 0 bridgehead atoms. The Morgan fingerprint density at radius 3 is 2.27 bits per heavy atom. The van der Waals surface area contributed by atoms with Crippen molar-refractivity contribution >= 4 is 40.0 Å². The number of nitrogens with zero attached hydrogens (tertiary/aromatic N) is 3. The Labute approximate surface area is 279 Å². The van der Waals surface area contributed by atoms with Crippen LogP contribution in [0.25, 0.3) is 0 Å². The van der Waals surface area contributed by atoms with Crippen LogP contribution in [0.5, 0.6) is 0 Å². The Hall–Kier alpha value is -2.85. The van der Waals surface area contributed by atoms with Gasteiger partial charge in [0.25, 0.3) is 0 Å². The predicted octanol–water partition coefficient (Wildman–Crippen LogP) is 1.57. The Kier molecular flexibility index (Phi) is 16.0. The second-order valence-electron chi connectivity index (χ2n) is 11.4. The lowest BCUT2D eigenvalue weighted by molar-refractivity contribution is -0.143. The molecule has 1 aliphatic rings. The zero-order chi connectivity index (χ0) is 35.2. The first-order chi connectivity index (χ1) is 22.8. The van der Waals surface area contributed by atoms with Gasteiger partial charge in [0.15, 0.2) is 11.2 Å². The maximum Gasteiger partial charge on any atom is 0.480 e. The van der Waals surface area contributed by atoms with Crippen molar-refractivity contribution in [2.45, 2.75) is 56.8 Å². The third kappa shape index (κ3) is 13.6. The largest absolute Gasteiger partial charge is 0.480 e. The average molecular weight is 712 g/mol. The number of carbonyl (C=O) groups excluding carboxylic acids is 3. The summed E-state index contributed by atoms with van der Waals surface area (Å²) in [5, 5.41) is 0.624. The first kappa shape index (κ1) is 39.6. The second-order valence-corrected chi connectivity index (χ2v) is 15.4. The minimum atomic E-state index is -5.22. The fraction of sp³-hybridized carbons (Fsp3) is 0.552. The van der Waals surface area contributed by atoms with E-state index in [1.54, 1.807) is 0 Å². The highest BCUT2D eigenvalue weighted by Gasteiger charge is 2.45. The highest BCUT2D eigenvalue weighted by molar-refractivity contribution is 7.70. The third-order valence-corrected chi connectivity index (χ3v) is 11.3. The first-order valence-electron chi connectivity index (χ1n) is 15.6. The number of esters is 1. The molecule has 5 N–H and O–H groups in total. The van der Waals surface area contributed by atoms with Crippen molar-refractivity contribution in [1.82, 2.24) is 20.2 Å². The van der Waals surface area contributed by atoms with Crippen molar-refractivity contribution < 1.29 is 57.1 Å². The van der Waals surface area contributed by atoms with Crippen molar-refractivity contribution in [3.05, 3.63) is 60.2 Å². The highest BCUT2D eigenvalue weighted by Crippen LogP contribution is 2.61. The predicted molar refractivity (Wildman–Crippen MR) is 174 cm³/mol. The number of nitrogens with one attached hydrogen (secondary N) is 1. The number of aromatic nitrogens is 2. The molecule has 0 aliphatic carbocycles. The van der Waals surface area contributed by atoms with Gasteiger partial charge in [-0.2, -0.15) is 0 Å². The molecule has 19 heteroatoms. The fourth-order valence-electron chi connectivity index (χ4n) is 5.14. The highest BCUT2D eigenvalue weighted by atomic mass is 31.2. The topological polar surface area (TPSA) is 235 Å². The van der Waals surface area contributed by atoms with E-state index >= 15 is 0 Å². The number of rotatable bonds is 18. The number of ether oxygens (including phenoxy) is 1. The second kappa shape index (κ2) is 19.4. The van der Waals surface area contributed by atoms with Gasteiger partial charge < -0.3 is 38.9 Å². The maximum absolute atomic E-state index is 13.7. The van der Waals surface area contributed by atoms with Gasteiger partial charge in [-0.1, -0.05) is 43.7 Å². The van der Waals surface area contributed by atoms with Gasteiger partial charge in [-0.15, -0.1) is 0 Å². The van der Waals surface area contributed by atoms with Crippen molar-refractivity contribution in [2.75, 3.05) is 39.5 Å². The third-order valence-electron chi connectivity index (χ3n) is 7.62. The zero-order valence-corrected chi connectivity index (χ0v) is 28.5. The molecule has 1 amide bonds. The molecular formula is C29H43BN4O12P2. The molecule has 0 unspecified atom stereocenters. The van der Waals surface area contributed by atoms with Crippen LogP contribution >= 0.6 is 15.2 Å². The normalized spacial score (nSPS) is 16.1. The van der Waals surface area contributed by atoms with Gasteiger partial charge >= 0.3 is 28.3 Å². The minimum absolute atomic E-state index is 0.0527. The lowest BCUT2D eigenvalue weighted by Crippen LogP contribution is -2.53. The number of hydrogen-bond donors (Lipinski definition) is 5. The molecule has 1 aliphatic heterocycles. The van der Waals surface area contributed by atoms with Crippen molar-refractivity contribution in [3.8, 4) is 0 Å². The summed E-state index contributed by atoms with van der Waals surface area (Å²) in [4.78, 5) is 85.4. The van der Waals surface area contributed by atoms with Crippen LogP contribution in [0.4, 0.5) is 0 Å². The van der Waals surface area contributed by atoms with E-state index in [9.17, 15) is 43.1 Å². The Morgan fingerprint density at radius 1 is 1.02 bits per heavy atom. The van der Waals surface area contributed by atoms with Gasteiger partial charge in [0, 0.05) is 57.6 Å². The lowest BCUT2D eigenvalue weighted by Gasteiger charge is -2.31. The summed E-state index contributed by atoms with van der Waals surface area (Å²) >= 11 is 0. The SMILES string of the molecule is CCC[C@H](NC(=O)[C@H](CC(=O)c1cnccn1)Cc1ccccc1)B1OCCN(CCCOC(=O)CC(P(=O)(O)O)P(=O)(O)O)CCO1. The van der Waals surface area contributed by atoms with Crippen molar-refractivity contribution in [3.63, 3.8) is 0 Å². The zero-order valence-electron chi connectivity index (χ0n) is 26.7. The molecule has 0 spiro atoms. The number of ketones is 1. The molecule has 16 nitrogen and oxygen atoms in total. The van der Waals surface area contributed by atoms with Crippen LogP contribution in [0.15, 0.2) is 48.9 Å². The molecule has 3 rings (SSSR count). The van der Waals surface area contributed by atoms with E-state index in [1.807, 2.05) is 42.2 Å². The van der Waals surface area contributed by atoms with Gasteiger partial charge in [-0.25, -0.2) is 4.98 Å². The monoisotopic (exact) mass is 712 g/mol. The quantitative estimate of drug-likeness (QED) is 0.0485. The van der Waals surface area contributed by atoms with Crippen LogP contribution in [0.3, 0.4) is 0 Å². The van der Waals surface area contributed by atoms with E-state index in [-0.39, 0.29) is 43.6 Å². The molecule has 2 atom stereocenters. The molecule has 0 saturated carbocycles. The van der Waals surface area contributed by atoms with Gasteiger partial charge in [0.1, 0.15) is 5.69 Å². The van der Waals surface area contributed by atoms with Gasteiger partial charge in [-0.05, 0) is 24.8 Å². The summed E-state index contributed by atoms with van der Waals surface area (Å²) in [5.74, 6) is -2.84. The molecule has 2 heterocycles. The van der Waals surface area contributed by atoms with Crippen LogP contribution in [-0.2, 0) is 39.2 Å². The molecule has 1 fully saturated rings. The van der Waals surface area contributed by atoms with Crippen LogP contribution in [-0.4, -0.2) is 110 Å². The molecule has 2 aromatic rings. The van der Waals surface area contributed by atoms with Crippen LogP contribution in [0.1, 0.15) is 55.1 Å². The summed E-state index contributed by atoms with van der Waals surface area (Å²) in [6.07, 6.45) is 5.13. The van der Waals surface area contributed by atoms with Gasteiger partial charge in [0.2, 0.25) is 5.91 Å². The van der Waals surface area contributed by atoms with Crippen LogP contribution < -0.4 is 5.32 Å². The molecule has 1 aromatic carbocycles. The van der Waals surface area contributed by atoms with Gasteiger partial charge in [-0.3, -0.25) is 33.4 Å². The van der Waals surface area contributed by atoms with E-state index in [0.717, 1.165) is 12.0 Å². The Bertz CT molecular complexity index is 1380. The number of Topliss-reactive ketones (excluding diaryl/α,β-unsaturated/α-hetero) is 1. The number of amides is 1. The van der Waals surface area contributed by atoms with E-state index < -0.39 is 52.0 Å². The van der Waals surface area contributed by atoms with E-state index in [1.165, 1.54) is 18.6 Å². The minimum Gasteiger partial charge on any atom is -0.466 e. The van der Waals surface area contributed by atoms with Crippen LogP contribution in [0, 0.1) is 5.92 Å². The number of benzene rings is 1. The molecule has 1 aromatic heterocycles. The lowest BCUT2D eigenvalue weighted by atomic mass is 9.74. The molecular weight excluding hydrogens is 669 g/mol. The van der Waals surface area contributed by atoms with Crippen molar-refractivity contribution in [1.29, 1.82) is 0 Å². The van der Waals surface area contributed by atoms with E-state index in [4.69, 9.17) is 14.0 Å². The summed E-state index contributed by atoms with van der Waals surface area (Å²) < 4.78 is 39.8. The summed E-state index contributed by atoms with van der Waals surface area (Å²) in [6, 6.07) is 9.44. The Morgan fingerprint density at radius 2 is 1.69 bits per heavy atom. The maximum atomic E-state index is 13.7. The summed E-state index contributed by atoms with van der Waals surface area (Å²) in [5.41, 5.74) is 1.10. The van der Waals surface area contributed by atoms with E-state index in [0.29, 0.717) is 38.9 Å². The van der Waals surface area contributed by atoms with Crippen molar-refractivity contribution in [2.24, 2.45) is 5.92 Å². The molecule has 1 saturated heterocycles. The first-order valence-corrected chi connectivity index (χ1v) is 19.0. The standard InChI is InChI=1S/C29H43BN4O12P2/c1-2-7-26(33-29(37)23(18-22-8-4-3-5-9-22)19-25(35)24-21-31-10-11-32-24)30-45-16-13-34(14-17-46-30)12-6-15-44-27(36)20-28(47(38,39)40)48(41,42)43/h3-5,8-11,21,23,26,28H,2,6-7,12-20H2,1H3,(H,33,37)(H2,38,39,40)(H2,41,42,43)/t23-,26-/m0/s1. The molecule has 0 radical (unpaired) electrons. The summed E-state index contributed by atoms with van der Waals surface area (Å²) in [7, 11) is -11.2. The van der Waals surface area contributed by atoms with Crippen LogP contribution in [0.2, 0.25) is 0 Å². The average Bonchev–Trinajstić information content (AvgIpc) is 3.02. The summed E-state index contributed by atoms with van der Waals surface area (Å²) in [6.45, 7) is 3.86. The fourth-order valence-corrected chi connectivity index (χ4v) is 7.48. The molecule has 264 valence electrons.